The Balaban J connectivity index is 0.00000128. The van der Waals surface area contributed by atoms with Crippen molar-refractivity contribution in [2.75, 3.05) is 6.61 Å². The molecule has 0 bridgehead atoms. The molecule has 5 aliphatic rings. The molecule has 0 radical (unpaired) electrons. The van der Waals surface area contributed by atoms with Gasteiger partial charge >= 0.3 is 5.97 Å². The second-order valence-corrected chi connectivity index (χ2v) is 10.8. The average molecular weight is 427 g/mol. The molecule has 0 unspecified atom stereocenters. The van der Waals surface area contributed by atoms with Gasteiger partial charge in [0.2, 0.25) is 0 Å². The Morgan fingerprint density at radius 1 is 1.00 bits per heavy atom. The van der Waals surface area contributed by atoms with Crippen LogP contribution in [0.3, 0.4) is 0 Å². The van der Waals surface area contributed by atoms with Gasteiger partial charge in [0.1, 0.15) is 6.61 Å². The van der Waals surface area contributed by atoms with Crippen molar-refractivity contribution in [3.8, 4) is 0 Å². The molecule has 0 aromatic heterocycles. The minimum absolute atomic E-state index is 0. The molecule has 7 N–H and O–H groups in total. The highest BCUT2D eigenvalue weighted by molar-refractivity contribution is 5.85. The normalized spacial score (nSPS) is 52.0. The maximum absolute atomic E-state index is 12.1. The van der Waals surface area contributed by atoms with E-state index in [1.807, 2.05) is 6.92 Å². The number of aliphatic hydroxyl groups is 3. The summed E-state index contributed by atoms with van der Waals surface area (Å²) in [5.74, 6) is 0.657. The smallest absolute Gasteiger partial charge is 0.331 e. The van der Waals surface area contributed by atoms with Crippen LogP contribution in [-0.2, 0) is 9.53 Å². The molecule has 0 spiro atoms. The Kier molecular flexibility index (Phi) is 5.96. The van der Waals surface area contributed by atoms with Crippen LogP contribution in [0.25, 0.3) is 0 Å². The number of fused-ring (bicyclic) bond motifs is 5. The summed E-state index contributed by atoms with van der Waals surface area (Å²) in [7, 11) is 0. The molecule has 4 saturated carbocycles. The summed E-state index contributed by atoms with van der Waals surface area (Å²) in [6.07, 6.45) is 7.69. The molecule has 1 aliphatic heterocycles. The SMILES string of the molecule is C[C@]12CC[C@H](O)C[C@H]1CC[C@@H]1[C@@H]2C[C@@H](O)[C@]2(C)[C@@H](C3=CC(=O)OC3)CC[C@]12O.O.O. The summed E-state index contributed by atoms with van der Waals surface area (Å²) >= 11 is 0. The van der Waals surface area contributed by atoms with Gasteiger partial charge in [-0.2, -0.15) is 0 Å². The lowest BCUT2D eigenvalue weighted by atomic mass is 9.42. The molecule has 30 heavy (non-hydrogen) atoms. The molecule has 0 saturated heterocycles. The van der Waals surface area contributed by atoms with Crippen LogP contribution in [0, 0.1) is 34.5 Å². The van der Waals surface area contributed by atoms with E-state index in [1.54, 1.807) is 6.08 Å². The summed E-state index contributed by atoms with van der Waals surface area (Å²) in [4.78, 5) is 11.6. The number of carbonyl (C=O) groups excluding carboxylic acids is 1. The van der Waals surface area contributed by atoms with Gasteiger partial charge in [0, 0.05) is 11.5 Å². The lowest BCUT2D eigenvalue weighted by Gasteiger charge is -2.64. The third-order valence-corrected chi connectivity index (χ3v) is 10.0. The van der Waals surface area contributed by atoms with Crippen molar-refractivity contribution in [1.29, 1.82) is 0 Å². The third-order valence-electron chi connectivity index (χ3n) is 10.0. The summed E-state index contributed by atoms with van der Waals surface area (Å²) in [5, 5.41) is 33.7. The van der Waals surface area contributed by atoms with Crippen LogP contribution in [0.4, 0.5) is 0 Å². The number of hydrogen-bond acceptors (Lipinski definition) is 5. The van der Waals surface area contributed by atoms with Gasteiger partial charge in [0.15, 0.2) is 0 Å². The molecule has 4 fully saturated rings. The lowest BCUT2D eigenvalue weighted by molar-refractivity contribution is -0.244. The van der Waals surface area contributed by atoms with Gasteiger partial charge in [-0.05, 0) is 86.0 Å². The number of ether oxygens (including phenoxy) is 1. The van der Waals surface area contributed by atoms with E-state index in [9.17, 15) is 20.1 Å². The van der Waals surface area contributed by atoms with Gasteiger partial charge < -0.3 is 31.0 Å². The predicted octanol–water partition coefficient (Wildman–Crippen LogP) is 0.926. The van der Waals surface area contributed by atoms with Crippen molar-refractivity contribution >= 4 is 5.97 Å². The molecular formula is C23H38O7. The van der Waals surface area contributed by atoms with Crippen LogP contribution in [0.5, 0.6) is 0 Å². The zero-order valence-electron chi connectivity index (χ0n) is 18.1. The number of hydrogen-bond donors (Lipinski definition) is 3. The Morgan fingerprint density at radius 3 is 2.40 bits per heavy atom. The average Bonchev–Trinajstić information content (AvgIpc) is 3.19. The van der Waals surface area contributed by atoms with Crippen molar-refractivity contribution in [3.05, 3.63) is 11.6 Å². The van der Waals surface area contributed by atoms with Crippen LogP contribution in [-0.4, -0.2) is 56.7 Å². The molecule has 0 aromatic rings. The molecule has 5 rings (SSSR count). The lowest BCUT2D eigenvalue weighted by Crippen LogP contribution is -2.67. The van der Waals surface area contributed by atoms with Crippen molar-refractivity contribution in [2.24, 2.45) is 34.5 Å². The zero-order valence-corrected chi connectivity index (χ0v) is 18.1. The quantitative estimate of drug-likeness (QED) is 0.533. The van der Waals surface area contributed by atoms with Gasteiger partial charge in [-0.3, -0.25) is 0 Å². The summed E-state index contributed by atoms with van der Waals surface area (Å²) < 4.78 is 5.16. The zero-order chi connectivity index (χ0) is 19.9. The van der Waals surface area contributed by atoms with E-state index in [1.165, 1.54) is 0 Å². The standard InChI is InChI=1S/C23H34O5.2H2O/c1-21-7-5-15(24)10-14(21)3-4-17-18(21)11-19(25)22(2)16(6-8-23(17,22)27)13-9-20(26)28-12-13;;/h9,14-19,24-25,27H,3-8,10-12H2,1-2H3;2*1H2/t14-,15+,16-,17-,18+,19-,21+,22+,23+;;/m1../s1. The number of carbonyl (C=O) groups is 1. The van der Waals surface area contributed by atoms with Crippen molar-refractivity contribution in [3.63, 3.8) is 0 Å². The first kappa shape index (κ1) is 23.7. The largest absolute Gasteiger partial charge is 0.458 e. The number of esters is 1. The van der Waals surface area contributed by atoms with E-state index in [2.05, 4.69) is 6.92 Å². The van der Waals surface area contributed by atoms with Crippen molar-refractivity contribution in [2.45, 2.75) is 83.0 Å². The molecule has 7 nitrogen and oxygen atoms in total. The molecule has 1 heterocycles. The predicted molar refractivity (Wildman–Crippen MR) is 110 cm³/mol. The fourth-order valence-corrected chi connectivity index (χ4v) is 8.37. The van der Waals surface area contributed by atoms with Crippen molar-refractivity contribution in [1.82, 2.24) is 0 Å². The maximum atomic E-state index is 12.1. The first-order valence-electron chi connectivity index (χ1n) is 11.2. The van der Waals surface area contributed by atoms with Crippen LogP contribution in [0.15, 0.2) is 11.6 Å². The second kappa shape index (κ2) is 7.55. The van der Waals surface area contributed by atoms with E-state index in [0.29, 0.717) is 31.3 Å². The Hall–Kier alpha value is -0.990. The van der Waals surface area contributed by atoms with E-state index in [0.717, 1.165) is 44.1 Å². The van der Waals surface area contributed by atoms with Gasteiger partial charge in [-0.15, -0.1) is 0 Å². The molecule has 0 aromatic carbocycles. The van der Waals surface area contributed by atoms with Gasteiger partial charge in [0.05, 0.1) is 17.8 Å². The fourth-order valence-electron chi connectivity index (χ4n) is 8.37. The molecule has 0 amide bonds. The highest BCUT2D eigenvalue weighted by Gasteiger charge is 2.70. The molecule has 9 atom stereocenters. The minimum Gasteiger partial charge on any atom is -0.458 e. The third kappa shape index (κ3) is 2.85. The highest BCUT2D eigenvalue weighted by Crippen LogP contribution is 2.69. The highest BCUT2D eigenvalue weighted by atomic mass is 16.5. The van der Waals surface area contributed by atoms with E-state index >= 15 is 0 Å². The Labute approximate surface area is 178 Å². The fraction of sp³-hybridized carbons (Fsp3) is 0.870. The molecule has 7 heteroatoms. The van der Waals surface area contributed by atoms with Crippen molar-refractivity contribution < 1.29 is 35.8 Å². The molecule has 172 valence electrons. The molecular weight excluding hydrogens is 388 g/mol. The minimum atomic E-state index is -0.906. The van der Waals surface area contributed by atoms with E-state index < -0.39 is 17.1 Å². The van der Waals surface area contributed by atoms with E-state index in [-0.39, 0.29) is 40.3 Å². The van der Waals surface area contributed by atoms with Crippen LogP contribution < -0.4 is 0 Å². The van der Waals surface area contributed by atoms with Crippen LogP contribution in [0.1, 0.15) is 65.2 Å². The second-order valence-electron chi connectivity index (χ2n) is 10.8. The summed E-state index contributed by atoms with van der Waals surface area (Å²) in [6, 6.07) is 0. The number of cyclic esters (lactones) is 1. The Morgan fingerprint density at radius 2 is 1.73 bits per heavy atom. The van der Waals surface area contributed by atoms with Gasteiger partial charge in [0.25, 0.3) is 0 Å². The first-order chi connectivity index (χ1) is 13.2. The topological polar surface area (TPSA) is 150 Å². The maximum Gasteiger partial charge on any atom is 0.331 e. The number of aliphatic hydroxyl groups excluding tert-OH is 2. The van der Waals surface area contributed by atoms with E-state index in [4.69, 9.17) is 4.74 Å². The number of rotatable bonds is 1. The van der Waals surface area contributed by atoms with Crippen LogP contribution >= 0.6 is 0 Å². The van der Waals surface area contributed by atoms with Crippen LogP contribution in [0.2, 0.25) is 0 Å². The van der Waals surface area contributed by atoms with Gasteiger partial charge in [-0.1, -0.05) is 13.8 Å². The summed E-state index contributed by atoms with van der Waals surface area (Å²) in [6.45, 7) is 4.69. The molecule has 4 aliphatic carbocycles. The first-order valence-corrected chi connectivity index (χ1v) is 11.2. The Bertz CT molecular complexity index is 722. The summed E-state index contributed by atoms with van der Waals surface area (Å²) in [5.41, 5.74) is -0.507. The monoisotopic (exact) mass is 426 g/mol. The van der Waals surface area contributed by atoms with Gasteiger partial charge in [-0.25, -0.2) is 4.79 Å².